The maximum Gasteiger partial charge on any atom is 0.409 e. The van der Waals surface area contributed by atoms with E-state index in [0.29, 0.717) is 17.2 Å². The number of hydrogen-bond acceptors (Lipinski definition) is 8. The third-order valence-corrected chi connectivity index (χ3v) is 9.72. The fraction of sp³-hybridized carbons (Fsp3) is 0.464. The second-order valence-corrected chi connectivity index (χ2v) is 13.1. The first-order valence-corrected chi connectivity index (χ1v) is 15.6. The number of amides is 2. The number of hydrogen-bond donors (Lipinski definition) is 0. The molecule has 1 saturated heterocycles. The first-order chi connectivity index (χ1) is 19.0. The molecule has 1 fully saturated rings. The van der Waals surface area contributed by atoms with Gasteiger partial charge in [-0.15, -0.1) is 12.4 Å². The summed E-state index contributed by atoms with van der Waals surface area (Å²) in [5, 5.41) is 0.628. The van der Waals surface area contributed by atoms with Crippen molar-refractivity contribution in [2.75, 3.05) is 64.9 Å². The number of halogens is 1. The van der Waals surface area contributed by atoms with Crippen molar-refractivity contribution < 1.29 is 22.7 Å². The summed E-state index contributed by atoms with van der Waals surface area (Å²) in [5.41, 5.74) is 3.49. The van der Waals surface area contributed by atoms with E-state index < -0.39 is 16.1 Å². The van der Waals surface area contributed by atoms with Gasteiger partial charge in [0.1, 0.15) is 0 Å². The lowest BCUT2D eigenvalue weighted by Crippen LogP contribution is -2.50. The minimum absolute atomic E-state index is 0. The van der Waals surface area contributed by atoms with Gasteiger partial charge in [-0.3, -0.25) is 9.69 Å². The molecular weight excluding hydrogens is 586 g/mol. The Labute approximate surface area is 252 Å². The number of aryl methyl sites for hydroxylation is 2. The Kier molecular flexibility index (Phi) is 11.1. The number of carbonyl (C=O) groups excluding carboxylic acids is 2. The highest BCUT2D eigenvalue weighted by molar-refractivity contribution is 7.89. The minimum atomic E-state index is -3.77. The lowest BCUT2D eigenvalue weighted by atomic mass is 10.1. The number of rotatable bonds is 9. The smallest absolute Gasteiger partial charge is 0.409 e. The summed E-state index contributed by atoms with van der Waals surface area (Å²) < 4.78 is 34.0. The first kappa shape index (κ1) is 32.7. The van der Waals surface area contributed by atoms with Gasteiger partial charge in [-0.1, -0.05) is 17.4 Å². The first-order valence-electron chi connectivity index (χ1n) is 13.4. The highest BCUT2D eigenvalue weighted by atomic mass is 35.5. The van der Waals surface area contributed by atoms with E-state index in [4.69, 9.17) is 9.72 Å². The highest BCUT2D eigenvalue weighted by Gasteiger charge is 2.31. The lowest BCUT2D eigenvalue weighted by Gasteiger charge is -2.33. The van der Waals surface area contributed by atoms with Gasteiger partial charge in [-0.25, -0.2) is 18.2 Å². The predicted octanol–water partition coefficient (Wildman–Crippen LogP) is 4.40. The zero-order chi connectivity index (χ0) is 29.0. The van der Waals surface area contributed by atoms with Crippen molar-refractivity contribution in [1.29, 1.82) is 0 Å². The minimum Gasteiger partial charge on any atom is -0.450 e. The monoisotopic (exact) mass is 623 g/mol. The maximum atomic E-state index is 13.7. The standard InChI is InChI=1S/C28H37N5O5S2.ClH/c1-6-38-28(35)31-14-16-32(17-15-31)40(36,37)23-10-8-22(9-11-23)26(34)33(13-7-12-30(4)5)27-29-25-21(3)18-20(2)19-24(25)39-27;/h8-11,18-19H,6-7,12-17H2,1-5H3;1H. The van der Waals surface area contributed by atoms with E-state index in [0.717, 1.165) is 34.3 Å². The van der Waals surface area contributed by atoms with Crippen LogP contribution < -0.4 is 4.90 Å². The average molecular weight is 624 g/mol. The molecule has 1 aliphatic heterocycles. The van der Waals surface area contributed by atoms with Gasteiger partial charge in [0.15, 0.2) is 5.13 Å². The third kappa shape index (κ3) is 7.55. The largest absolute Gasteiger partial charge is 0.450 e. The van der Waals surface area contributed by atoms with Crippen LogP contribution in [0.25, 0.3) is 10.2 Å². The Morgan fingerprint density at radius 1 is 1.02 bits per heavy atom. The molecule has 0 radical (unpaired) electrons. The number of ether oxygens (including phenoxy) is 1. The molecule has 2 heterocycles. The molecule has 0 spiro atoms. The third-order valence-electron chi connectivity index (χ3n) is 6.79. The van der Waals surface area contributed by atoms with E-state index >= 15 is 0 Å². The molecule has 0 aliphatic carbocycles. The average Bonchev–Trinajstić information content (AvgIpc) is 3.35. The molecule has 224 valence electrons. The molecule has 0 atom stereocenters. The number of piperazine rings is 1. The number of nitrogens with zero attached hydrogens (tertiary/aromatic N) is 5. The Bertz CT molecular complexity index is 1470. The van der Waals surface area contributed by atoms with E-state index in [9.17, 15) is 18.0 Å². The van der Waals surface area contributed by atoms with Crippen molar-refractivity contribution in [2.45, 2.75) is 32.1 Å². The van der Waals surface area contributed by atoms with Crippen LogP contribution in [0.15, 0.2) is 41.3 Å². The van der Waals surface area contributed by atoms with Gasteiger partial charge in [0.25, 0.3) is 5.91 Å². The van der Waals surface area contributed by atoms with Crippen molar-refractivity contribution in [3.05, 3.63) is 53.1 Å². The number of aromatic nitrogens is 1. The Hall–Kier alpha value is -2.77. The van der Waals surface area contributed by atoms with Crippen molar-refractivity contribution in [3.8, 4) is 0 Å². The molecule has 41 heavy (non-hydrogen) atoms. The maximum absolute atomic E-state index is 13.7. The number of benzene rings is 2. The Morgan fingerprint density at radius 3 is 2.29 bits per heavy atom. The van der Waals surface area contributed by atoms with Crippen LogP contribution in [0.4, 0.5) is 9.93 Å². The summed E-state index contributed by atoms with van der Waals surface area (Å²) >= 11 is 1.49. The van der Waals surface area contributed by atoms with Crippen LogP contribution in [0.3, 0.4) is 0 Å². The number of fused-ring (bicyclic) bond motifs is 1. The number of thiazole rings is 1. The normalized spacial score (nSPS) is 14.2. The molecule has 0 N–H and O–H groups in total. The fourth-order valence-corrected chi connectivity index (χ4v) is 7.29. The van der Waals surface area contributed by atoms with Crippen LogP contribution in [0.5, 0.6) is 0 Å². The summed E-state index contributed by atoms with van der Waals surface area (Å²) in [6, 6.07) is 10.2. The summed E-state index contributed by atoms with van der Waals surface area (Å²) in [7, 11) is 0.209. The molecule has 1 aromatic heterocycles. The molecule has 0 bridgehead atoms. The highest BCUT2D eigenvalue weighted by Crippen LogP contribution is 2.32. The SMILES string of the molecule is CCOC(=O)N1CCN(S(=O)(=O)c2ccc(C(=O)N(CCCN(C)C)c3nc4c(C)cc(C)cc4s3)cc2)CC1.Cl. The molecule has 13 heteroatoms. The van der Waals surface area contributed by atoms with Crippen LogP contribution >= 0.6 is 23.7 Å². The van der Waals surface area contributed by atoms with Crippen molar-refractivity contribution in [1.82, 2.24) is 19.1 Å². The molecular formula is C28H38ClN5O5S2. The second-order valence-electron chi connectivity index (χ2n) is 10.2. The van der Waals surface area contributed by atoms with Gasteiger partial charge < -0.3 is 14.5 Å². The summed E-state index contributed by atoms with van der Waals surface area (Å²) in [6.07, 6.45) is 0.327. The van der Waals surface area contributed by atoms with Gasteiger partial charge in [0.05, 0.1) is 21.7 Å². The van der Waals surface area contributed by atoms with Gasteiger partial charge in [0.2, 0.25) is 10.0 Å². The van der Waals surface area contributed by atoms with E-state index in [2.05, 4.69) is 17.0 Å². The zero-order valence-electron chi connectivity index (χ0n) is 24.1. The number of carbonyl (C=O) groups is 2. The molecule has 2 aromatic carbocycles. The summed E-state index contributed by atoms with van der Waals surface area (Å²) in [4.78, 5) is 35.9. The molecule has 0 saturated carbocycles. The molecule has 4 rings (SSSR count). The topological polar surface area (TPSA) is 103 Å². The van der Waals surface area contributed by atoms with E-state index in [-0.39, 0.29) is 56.0 Å². The zero-order valence-corrected chi connectivity index (χ0v) is 26.6. The predicted molar refractivity (Wildman–Crippen MR) is 165 cm³/mol. The quantitative estimate of drug-likeness (QED) is 0.348. The van der Waals surface area contributed by atoms with Gasteiger partial charge >= 0.3 is 6.09 Å². The van der Waals surface area contributed by atoms with Crippen LogP contribution in [0.2, 0.25) is 0 Å². The molecule has 0 unspecified atom stereocenters. The van der Waals surface area contributed by atoms with E-state index in [1.165, 1.54) is 32.7 Å². The fourth-order valence-electron chi connectivity index (χ4n) is 4.70. The molecule has 3 aromatic rings. The van der Waals surface area contributed by atoms with Gasteiger partial charge in [-0.05, 0) is 89.3 Å². The van der Waals surface area contributed by atoms with Crippen molar-refractivity contribution in [3.63, 3.8) is 0 Å². The molecule has 2 amide bonds. The Morgan fingerprint density at radius 2 is 1.68 bits per heavy atom. The van der Waals surface area contributed by atoms with Gasteiger partial charge in [-0.2, -0.15) is 4.31 Å². The summed E-state index contributed by atoms with van der Waals surface area (Å²) in [5.74, 6) is -0.223. The number of anilines is 1. The molecule has 10 nitrogen and oxygen atoms in total. The molecule has 1 aliphatic rings. The van der Waals surface area contributed by atoms with Crippen LogP contribution in [-0.2, 0) is 14.8 Å². The van der Waals surface area contributed by atoms with Crippen LogP contribution in [-0.4, -0.2) is 99.5 Å². The lowest BCUT2D eigenvalue weighted by molar-refractivity contribution is 0.0933. The van der Waals surface area contributed by atoms with Crippen LogP contribution in [0, 0.1) is 13.8 Å². The van der Waals surface area contributed by atoms with Gasteiger partial charge in [0, 0.05) is 38.3 Å². The van der Waals surface area contributed by atoms with Crippen molar-refractivity contribution in [2.24, 2.45) is 0 Å². The summed E-state index contributed by atoms with van der Waals surface area (Å²) in [6.45, 7) is 8.25. The van der Waals surface area contributed by atoms with Crippen LogP contribution in [0.1, 0.15) is 34.8 Å². The second kappa shape index (κ2) is 13.9. The number of sulfonamides is 1. The van der Waals surface area contributed by atoms with E-state index in [1.807, 2.05) is 27.9 Å². The van der Waals surface area contributed by atoms with Crippen molar-refractivity contribution >= 4 is 61.1 Å². The Balaban J connectivity index is 0.00000462. The van der Waals surface area contributed by atoms with E-state index in [1.54, 1.807) is 24.0 Å².